The van der Waals surface area contributed by atoms with Gasteiger partial charge in [0, 0.05) is 17.3 Å². The Kier molecular flexibility index (Phi) is 4.38. The molecule has 1 heterocycles. The molecule has 3 rings (SSSR count). The Balaban J connectivity index is 1.83. The van der Waals surface area contributed by atoms with Gasteiger partial charge in [0.25, 0.3) is 5.56 Å². The molecule has 0 aliphatic heterocycles. The van der Waals surface area contributed by atoms with Crippen molar-refractivity contribution in [1.29, 1.82) is 0 Å². The van der Waals surface area contributed by atoms with Gasteiger partial charge in [0.2, 0.25) is 5.88 Å². The second-order valence-electron chi connectivity index (χ2n) is 5.17. The number of nitrogens with one attached hydrogen (secondary N) is 2. The zero-order chi connectivity index (χ0) is 17.8. The van der Waals surface area contributed by atoms with E-state index in [2.05, 4.69) is 9.98 Å². The van der Waals surface area contributed by atoms with Crippen molar-refractivity contribution in [2.75, 3.05) is 0 Å². The highest BCUT2D eigenvalue weighted by atomic mass is 16.3. The number of aliphatic imine (C=N–C) groups is 1. The van der Waals surface area contributed by atoms with Gasteiger partial charge in [0.1, 0.15) is 5.56 Å². The van der Waals surface area contributed by atoms with Crippen LogP contribution in [0.4, 0.5) is 5.69 Å². The van der Waals surface area contributed by atoms with Crippen LogP contribution in [0.2, 0.25) is 0 Å². The number of H-pyrrole nitrogens is 2. The van der Waals surface area contributed by atoms with Crippen LogP contribution in [-0.2, 0) is 0 Å². The van der Waals surface area contributed by atoms with Gasteiger partial charge in [0.05, 0.1) is 5.69 Å². The van der Waals surface area contributed by atoms with Gasteiger partial charge >= 0.3 is 5.69 Å². The fraction of sp³-hybridized carbons (Fsp3) is 0. The van der Waals surface area contributed by atoms with Crippen molar-refractivity contribution in [3.63, 3.8) is 0 Å². The molecule has 7 nitrogen and oxygen atoms in total. The summed E-state index contributed by atoms with van der Waals surface area (Å²) < 4.78 is 0. The fourth-order valence-corrected chi connectivity index (χ4v) is 2.20. The standard InChI is InChI=1S/C18H13N3O4/c22-15(11-4-2-1-3-5-11)12-6-8-13(9-7-12)19-10-14-16(23)20-18(25)21-17(14)24/h1-10H,(H3,20,21,23,24,25). The first kappa shape index (κ1) is 16.1. The lowest BCUT2D eigenvalue weighted by Crippen LogP contribution is -2.24. The normalized spacial score (nSPS) is 10.9. The van der Waals surface area contributed by atoms with Crippen LogP contribution in [0.1, 0.15) is 21.5 Å². The summed E-state index contributed by atoms with van der Waals surface area (Å²) in [5, 5.41) is 9.58. The summed E-state index contributed by atoms with van der Waals surface area (Å²) in [5.74, 6) is -0.667. The van der Waals surface area contributed by atoms with E-state index in [0.717, 1.165) is 6.21 Å². The first-order valence-corrected chi connectivity index (χ1v) is 7.34. The lowest BCUT2D eigenvalue weighted by atomic mass is 10.0. The molecular formula is C18H13N3O4. The van der Waals surface area contributed by atoms with E-state index in [1.807, 2.05) is 11.1 Å². The number of benzene rings is 2. The molecule has 1 aromatic heterocycles. The molecule has 0 atom stereocenters. The molecule has 0 aliphatic carbocycles. The van der Waals surface area contributed by atoms with E-state index in [0.29, 0.717) is 16.8 Å². The van der Waals surface area contributed by atoms with E-state index < -0.39 is 17.1 Å². The van der Waals surface area contributed by atoms with Gasteiger partial charge in [0.15, 0.2) is 5.78 Å². The molecule has 7 heteroatoms. The van der Waals surface area contributed by atoms with Gasteiger partial charge < -0.3 is 5.11 Å². The van der Waals surface area contributed by atoms with Gasteiger partial charge in [-0.3, -0.25) is 24.5 Å². The van der Waals surface area contributed by atoms with Crippen LogP contribution in [0.5, 0.6) is 5.88 Å². The van der Waals surface area contributed by atoms with Crippen molar-refractivity contribution < 1.29 is 9.90 Å². The average Bonchev–Trinajstić information content (AvgIpc) is 2.61. The van der Waals surface area contributed by atoms with Crippen molar-refractivity contribution in [1.82, 2.24) is 9.97 Å². The molecule has 124 valence electrons. The number of hydrogen-bond acceptors (Lipinski definition) is 5. The molecule has 0 amide bonds. The van der Waals surface area contributed by atoms with Crippen LogP contribution in [-0.4, -0.2) is 27.1 Å². The van der Waals surface area contributed by atoms with Crippen LogP contribution in [0, 0.1) is 0 Å². The van der Waals surface area contributed by atoms with Crippen LogP contribution >= 0.6 is 0 Å². The number of carbonyl (C=O) groups is 1. The molecule has 0 unspecified atom stereocenters. The number of aromatic amines is 2. The summed E-state index contributed by atoms with van der Waals surface area (Å²) in [6.45, 7) is 0. The summed E-state index contributed by atoms with van der Waals surface area (Å²) in [4.78, 5) is 43.1. The molecule has 0 bridgehead atoms. The second kappa shape index (κ2) is 6.79. The Morgan fingerprint density at radius 3 is 2.20 bits per heavy atom. The lowest BCUT2D eigenvalue weighted by molar-refractivity contribution is 0.103. The molecule has 0 saturated carbocycles. The minimum atomic E-state index is -0.802. The van der Waals surface area contributed by atoms with E-state index in [9.17, 15) is 19.5 Å². The van der Waals surface area contributed by atoms with Crippen molar-refractivity contribution in [2.45, 2.75) is 0 Å². The summed E-state index contributed by atoms with van der Waals surface area (Å²) >= 11 is 0. The number of hydrogen-bond donors (Lipinski definition) is 3. The van der Waals surface area contributed by atoms with Crippen molar-refractivity contribution in [3.8, 4) is 5.88 Å². The lowest BCUT2D eigenvalue weighted by Gasteiger charge is -2.01. The van der Waals surface area contributed by atoms with Gasteiger partial charge in [-0.05, 0) is 24.3 Å². The first-order valence-electron chi connectivity index (χ1n) is 7.34. The molecule has 0 saturated heterocycles. The molecule has 2 aromatic carbocycles. The topological polar surface area (TPSA) is 115 Å². The highest BCUT2D eigenvalue weighted by Crippen LogP contribution is 2.16. The fourth-order valence-electron chi connectivity index (χ4n) is 2.20. The number of rotatable bonds is 4. The molecule has 3 aromatic rings. The zero-order valence-electron chi connectivity index (χ0n) is 12.9. The van der Waals surface area contributed by atoms with Gasteiger partial charge in [-0.2, -0.15) is 0 Å². The first-order chi connectivity index (χ1) is 12.0. The van der Waals surface area contributed by atoms with E-state index in [1.165, 1.54) is 0 Å². The predicted molar refractivity (Wildman–Crippen MR) is 92.9 cm³/mol. The maximum Gasteiger partial charge on any atom is 0.328 e. The average molecular weight is 335 g/mol. The molecular weight excluding hydrogens is 322 g/mol. The third-order valence-corrected chi connectivity index (χ3v) is 3.47. The van der Waals surface area contributed by atoms with Gasteiger partial charge in [-0.1, -0.05) is 30.3 Å². The minimum absolute atomic E-state index is 0.106. The highest BCUT2D eigenvalue weighted by molar-refractivity contribution is 6.09. The zero-order valence-corrected chi connectivity index (χ0v) is 12.9. The van der Waals surface area contributed by atoms with Crippen LogP contribution in [0.3, 0.4) is 0 Å². The van der Waals surface area contributed by atoms with Gasteiger partial charge in [-0.15, -0.1) is 0 Å². The van der Waals surface area contributed by atoms with Crippen molar-refractivity contribution >= 4 is 17.7 Å². The molecule has 0 radical (unpaired) electrons. The maximum atomic E-state index is 12.3. The third-order valence-electron chi connectivity index (χ3n) is 3.47. The van der Waals surface area contributed by atoms with Crippen LogP contribution in [0.15, 0.2) is 69.2 Å². The Morgan fingerprint density at radius 2 is 1.56 bits per heavy atom. The monoisotopic (exact) mass is 335 g/mol. The van der Waals surface area contributed by atoms with Crippen LogP contribution < -0.4 is 11.2 Å². The summed E-state index contributed by atoms with van der Waals surface area (Å²) in [6.07, 6.45) is 1.14. The molecule has 0 spiro atoms. The Labute approximate surface area is 141 Å². The third kappa shape index (κ3) is 3.61. The number of aromatic nitrogens is 2. The van der Waals surface area contributed by atoms with Crippen molar-refractivity contribution in [3.05, 3.63) is 92.1 Å². The Bertz CT molecular complexity index is 1050. The van der Waals surface area contributed by atoms with Crippen molar-refractivity contribution in [2.24, 2.45) is 4.99 Å². The Hall–Kier alpha value is -3.74. The van der Waals surface area contributed by atoms with E-state index in [4.69, 9.17) is 0 Å². The van der Waals surface area contributed by atoms with Crippen LogP contribution in [0.25, 0.3) is 0 Å². The number of nitrogens with zero attached hydrogens (tertiary/aromatic N) is 1. The number of aromatic hydroxyl groups is 1. The van der Waals surface area contributed by atoms with E-state index in [1.54, 1.807) is 48.5 Å². The largest absolute Gasteiger partial charge is 0.494 e. The number of carbonyl (C=O) groups excluding carboxylic acids is 1. The quantitative estimate of drug-likeness (QED) is 0.497. The SMILES string of the molecule is O=C(c1ccccc1)c1ccc(N=Cc2c(O)[nH]c(=O)[nH]c2=O)cc1. The van der Waals surface area contributed by atoms with Gasteiger partial charge in [-0.25, -0.2) is 4.79 Å². The summed E-state index contributed by atoms with van der Waals surface area (Å²) in [7, 11) is 0. The van der Waals surface area contributed by atoms with E-state index >= 15 is 0 Å². The Morgan fingerprint density at radius 1 is 0.920 bits per heavy atom. The predicted octanol–water partition coefficient (Wildman–Crippen LogP) is 1.75. The molecule has 0 aliphatic rings. The second-order valence-corrected chi connectivity index (χ2v) is 5.17. The smallest absolute Gasteiger partial charge is 0.328 e. The maximum absolute atomic E-state index is 12.3. The number of ketones is 1. The summed E-state index contributed by atoms with van der Waals surface area (Å²) in [5.41, 5.74) is -0.138. The minimum Gasteiger partial charge on any atom is -0.494 e. The summed E-state index contributed by atoms with van der Waals surface area (Å²) in [6, 6.07) is 15.4. The molecule has 25 heavy (non-hydrogen) atoms. The van der Waals surface area contributed by atoms with E-state index in [-0.39, 0.29) is 11.3 Å². The molecule has 0 fully saturated rings. The highest BCUT2D eigenvalue weighted by Gasteiger charge is 2.08. The molecule has 3 N–H and O–H groups in total.